The Morgan fingerprint density at radius 3 is 0.948 bits per heavy atom. The zero-order valence-electron chi connectivity index (χ0n) is 52.3. The highest BCUT2D eigenvalue weighted by Crippen LogP contribution is 2.55. The fourth-order valence-corrected chi connectivity index (χ4v) is 17.0. The van der Waals surface area contributed by atoms with Crippen LogP contribution >= 0.6 is 11.3 Å². The van der Waals surface area contributed by atoms with Crippen molar-refractivity contribution in [3.63, 3.8) is 0 Å². The highest BCUT2D eigenvalue weighted by atomic mass is 32.1. The van der Waals surface area contributed by atoms with Gasteiger partial charge in [0.2, 0.25) is 0 Å². The maximum absolute atomic E-state index is 13.7. The first kappa shape index (κ1) is 54.7. The minimum absolute atomic E-state index is 0.491. The third kappa shape index (κ3) is 8.21. The largest absolute Gasteiger partial charge is 0.306 e. The number of aromatic nitrogens is 5. The van der Waals surface area contributed by atoms with Gasteiger partial charge >= 0.3 is 0 Å². The molecule has 0 N–H and O–H groups in total. The minimum atomic E-state index is 0.491. The molecule has 97 heavy (non-hydrogen) atoms. The number of thiophene rings is 1. The minimum Gasteiger partial charge on any atom is -0.306 e. The predicted octanol–water partition coefficient (Wildman–Crippen LogP) is 24.0. The molecule has 450 valence electrons. The Kier molecular flexibility index (Phi) is 12.2. The zero-order valence-corrected chi connectivity index (χ0v) is 53.1. The Labute approximate surface area is 561 Å². The highest BCUT2D eigenvalue weighted by Gasteiger charge is 2.36. The van der Waals surface area contributed by atoms with Crippen molar-refractivity contribution in [1.29, 1.82) is 5.26 Å². The topological polar surface area (TPSA) is 56.4 Å². The summed E-state index contributed by atoms with van der Waals surface area (Å²) in [5, 5.41) is 23.3. The fourth-order valence-electron chi connectivity index (χ4n) is 15.9. The molecule has 0 fully saturated rings. The van der Waals surface area contributed by atoms with Crippen molar-refractivity contribution in [2.45, 2.75) is 0 Å². The van der Waals surface area contributed by atoms with Gasteiger partial charge in [-0.2, -0.15) is 5.26 Å². The third-order valence-electron chi connectivity index (χ3n) is 20.0. The van der Waals surface area contributed by atoms with Crippen LogP contribution in [0.15, 0.2) is 328 Å². The van der Waals surface area contributed by atoms with Crippen LogP contribution < -0.4 is 0 Å². The normalized spacial score (nSPS) is 11.9. The number of benzene rings is 14. The molecule has 20 rings (SSSR count). The van der Waals surface area contributed by atoms with Crippen LogP contribution in [0, 0.1) is 11.3 Å². The van der Waals surface area contributed by atoms with Gasteiger partial charge in [0.1, 0.15) is 11.6 Å². The fraction of sp³-hybridized carbons (Fsp3) is 0. The molecule has 0 saturated carbocycles. The van der Waals surface area contributed by atoms with Crippen molar-refractivity contribution < 1.29 is 0 Å². The van der Waals surface area contributed by atoms with Gasteiger partial charge in [-0.15, -0.1) is 11.3 Å². The van der Waals surface area contributed by atoms with Crippen LogP contribution in [-0.2, 0) is 0 Å². The van der Waals surface area contributed by atoms with Gasteiger partial charge in [-0.1, -0.05) is 255 Å². The van der Waals surface area contributed by atoms with Crippen LogP contribution in [0.25, 0.3) is 186 Å². The second-order valence-corrected chi connectivity index (χ2v) is 26.3. The Morgan fingerprint density at radius 2 is 0.588 bits per heavy atom. The van der Waals surface area contributed by atoms with E-state index in [1.807, 2.05) is 6.20 Å². The van der Waals surface area contributed by atoms with Gasteiger partial charge in [0.25, 0.3) is 0 Å². The van der Waals surface area contributed by atoms with Crippen LogP contribution in [0.1, 0.15) is 5.56 Å². The van der Waals surface area contributed by atoms with Crippen LogP contribution in [-0.4, -0.2) is 23.3 Å². The van der Waals surface area contributed by atoms with E-state index >= 15 is 0 Å². The van der Waals surface area contributed by atoms with Gasteiger partial charge in [-0.25, -0.2) is 0 Å². The summed E-state index contributed by atoms with van der Waals surface area (Å²) in [7, 11) is 0. The maximum atomic E-state index is 13.7. The first-order chi connectivity index (χ1) is 48.1. The smallest absolute Gasteiger partial charge is 0.104 e. The lowest BCUT2D eigenvalue weighted by Gasteiger charge is -2.29. The SMILES string of the molecule is N#Cc1c(-n2c3ccccc3c3ccc(-c4ccccc4)cc32)c(-n2c3ccccc3c3ccc(-c4ccccc4)cc32)c(-c2cccc3sc4cccnc4c23)c(-n2c3ccccc3c3ccc(-c4ccccc4)cc32)c1-n1c2ccccc2c2ccc(-c3ccccc3)cc21. The van der Waals surface area contributed by atoms with E-state index in [2.05, 4.69) is 346 Å². The van der Waals surface area contributed by atoms with Crippen LogP contribution in [0.3, 0.4) is 0 Å². The zero-order chi connectivity index (χ0) is 63.8. The van der Waals surface area contributed by atoms with Gasteiger partial charge in [0.15, 0.2) is 0 Å². The predicted molar refractivity (Wildman–Crippen MR) is 406 cm³/mol. The molecule has 0 spiro atoms. The van der Waals surface area contributed by atoms with E-state index in [1.165, 1.54) is 0 Å². The molecule has 0 radical (unpaired) electrons. The third-order valence-corrected chi connectivity index (χ3v) is 21.2. The van der Waals surface area contributed by atoms with Gasteiger partial charge in [-0.3, -0.25) is 4.98 Å². The lowest BCUT2D eigenvalue weighted by Crippen LogP contribution is -2.16. The number of nitriles is 1. The number of hydrogen-bond acceptors (Lipinski definition) is 3. The molecule has 0 atom stereocenters. The van der Waals surface area contributed by atoms with Gasteiger partial charge < -0.3 is 18.3 Å². The van der Waals surface area contributed by atoms with E-state index < -0.39 is 0 Å². The summed E-state index contributed by atoms with van der Waals surface area (Å²) in [6.45, 7) is 0. The van der Waals surface area contributed by atoms with Crippen molar-refractivity contribution in [3.05, 3.63) is 333 Å². The molecule has 0 aliphatic rings. The molecule has 0 amide bonds. The molecule has 0 aliphatic carbocycles. The molecule has 6 nitrogen and oxygen atoms in total. The molecule has 14 aromatic carbocycles. The van der Waals surface area contributed by atoms with Crippen LogP contribution in [0.4, 0.5) is 0 Å². The molecular weight excluding hydrogens is 1200 g/mol. The highest BCUT2D eigenvalue weighted by molar-refractivity contribution is 7.25. The van der Waals surface area contributed by atoms with E-state index in [0.29, 0.717) is 5.56 Å². The van der Waals surface area contributed by atoms with E-state index in [4.69, 9.17) is 4.98 Å². The molecule has 0 unspecified atom stereocenters. The van der Waals surface area contributed by atoms with Crippen molar-refractivity contribution in [3.8, 4) is 84.5 Å². The molecule has 0 saturated heterocycles. The molecular formula is C90H54N6S. The summed E-state index contributed by atoms with van der Waals surface area (Å²) in [6.07, 6.45) is 1.93. The summed E-state index contributed by atoms with van der Waals surface area (Å²) >= 11 is 1.77. The average molecular weight is 1250 g/mol. The Balaban J connectivity index is 1.12. The average Bonchev–Trinajstić information content (AvgIpc) is 1.56. The van der Waals surface area contributed by atoms with Gasteiger partial charge in [0, 0.05) is 64.9 Å². The van der Waals surface area contributed by atoms with Crippen LogP contribution in [0.2, 0.25) is 0 Å². The van der Waals surface area contributed by atoms with Crippen LogP contribution in [0.5, 0.6) is 0 Å². The number of rotatable bonds is 9. The summed E-state index contributed by atoms with van der Waals surface area (Å²) in [5.41, 5.74) is 23.0. The van der Waals surface area contributed by atoms with E-state index in [-0.39, 0.29) is 0 Å². The summed E-state index contributed by atoms with van der Waals surface area (Å²) in [4.78, 5) is 5.38. The second-order valence-electron chi connectivity index (χ2n) is 25.2. The number of hydrogen-bond donors (Lipinski definition) is 0. The van der Waals surface area contributed by atoms with Gasteiger partial charge in [-0.05, 0) is 117 Å². The molecule has 7 heteroatoms. The Morgan fingerprint density at radius 1 is 0.268 bits per heavy atom. The van der Waals surface area contributed by atoms with E-state index in [1.54, 1.807) is 11.3 Å². The number of para-hydroxylation sites is 4. The summed E-state index contributed by atoms with van der Waals surface area (Å²) < 4.78 is 12.2. The quantitative estimate of drug-likeness (QED) is 0.145. The lowest BCUT2D eigenvalue weighted by molar-refractivity contribution is 1.04. The first-order valence-electron chi connectivity index (χ1n) is 32.9. The maximum Gasteiger partial charge on any atom is 0.104 e. The summed E-state index contributed by atoms with van der Waals surface area (Å²) in [5.74, 6) is 0. The molecule has 6 heterocycles. The Bertz CT molecular complexity index is 6340. The lowest BCUT2D eigenvalue weighted by atomic mass is 9.91. The molecule has 0 aliphatic heterocycles. The molecule has 20 aromatic rings. The number of nitrogens with zero attached hydrogens (tertiary/aromatic N) is 6. The van der Waals surface area contributed by atoms with Crippen molar-refractivity contribution >= 4 is 119 Å². The molecule has 6 aromatic heterocycles. The van der Waals surface area contributed by atoms with Crippen molar-refractivity contribution in [2.75, 3.05) is 0 Å². The number of pyridine rings is 1. The summed E-state index contributed by atoms with van der Waals surface area (Å²) in [6, 6.07) is 120. The van der Waals surface area contributed by atoms with Crippen molar-refractivity contribution in [2.24, 2.45) is 0 Å². The van der Waals surface area contributed by atoms with E-state index in [0.717, 1.165) is 186 Å². The number of fused-ring (bicyclic) bond motifs is 15. The van der Waals surface area contributed by atoms with Gasteiger partial charge in [0.05, 0.1) is 77.1 Å². The standard InChI is InChI=1S/C90H54N6S/c91-55-73-87(93-74-36-17-13-31-64(74)68-46-42-60(51-78(68)93)56-23-5-1-6-24-56)89(95-76-38-19-15-33-66(76)70-48-44-62(53-80(70)95)58-27-9-3-10-28-58)85(72-35-21-40-82-84(72)86-83(97-82)41-22-50-92-86)90(96-77-39-20-16-34-67(77)71-49-45-63(54-81(71)96)59-29-11-4-12-30-59)88(73)94-75-37-18-14-32-65(75)69-47-43-61(52-79(69)94)57-25-7-2-8-26-57/h1-54H. The van der Waals surface area contributed by atoms with Crippen molar-refractivity contribution in [1.82, 2.24) is 23.3 Å². The second kappa shape index (κ2) is 21.6. The Hall–Kier alpha value is -12.9. The van der Waals surface area contributed by atoms with E-state index in [9.17, 15) is 5.26 Å². The molecule has 0 bridgehead atoms. The first-order valence-corrected chi connectivity index (χ1v) is 33.7. The monoisotopic (exact) mass is 1250 g/mol.